The quantitative estimate of drug-likeness (QED) is 0.639. The third-order valence-electron chi connectivity index (χ3n) is 2.77. The molecule has 0 saturated carbocycles. The smallest absolute Gasteiger partial charge is 0.408 e. The number of carboxylic acid groups (broad SMARTS) is 2. The Morgan fingerprint density at radius 2 is 1.83 bits per heavy atom. The third kappa shape index (κ3) is 2.80. The van der Waals surface area contributed by atoms with E-state index in [0.717, 1.165) is 14.9 Å². The van der Waals surface area contributed by atoms with Crippen molar-refractivity contribution in [2.75, 3.05) is 33.8 Å². The minimum atomic E-state index is -1.26. The average molecular weight is 261 g/mol. The number of piperazine rings is 1. The highest BCUT2D eigenvalue weighted by molar-refractivity contribution is 5.85. The van der Waals surface area contributed by atoms with Crippen LogP contribution < -0.4 is 0 Å². The number of hydrogen-bond donors (Lipinski definition) is 2. The summed E-state index contributed by atoms with van der Waals surface area (Å²) in [5, 5.41) is 18.7. The molecule has 102 valence electrons. The Labute approximate surface area is 103 Å². The molecule has 0 spiro atoms. The lowest BCUT2D eigenvalue weighted by Crippen LogP contribution is -2.61. The summed E-state index contributed by atoms with van der Waals surface area (Å²) < 4.78 is 0. The van der Waals surface area contributed by atoms with Gasteiger partial charge in [-0.05, 0) is 0 Å². The molecule has 3 amide bonds. The number of nitrogens with zero attached hydrogens (tertiary/aromatic N) is 3. The van der Waals surface area contributed by atoms with Crippen LogP contribution in [0.15, 0.2) is 0 Å². The molecule has 9 heteroatoms. The van der Waals surface area contributed by atoms with Gasteiger partial charge in [0.2, 0.25) is 0 Å². The average Bonchev–Trinajstić information content (AvgIpc) is 2.35. The number of carbonyl (C=O) groups excluding carboxylic acids is 1. The molecule has 0 aromatic rings. The van der Waals surface area contributed by atoms with E-state index in [1.165, 1.54) is 14.2 Å². The summed E-state index contributed by atoms with van der Waals surface area (Å²) in [6, 6.07) is -1.09. The number of hydrogen-bond acceptors (Lipinski definition) is 4. The van der Waals surface area contributed by atoms with Crippen molar-refractivity contribution in [1.29, 1.82) is 0 Å². The van der Waals surface area contributed by atoms with E-state index in [2.05, 4.69) is 4.84 Å². The topological polar surface area (TPSA) is 111 Å². The Balaban J connectivity index is 2.87. The van der Waals surface area contributed by atoms with E-state index in [0.29, 0.717) is 0 Å². The van der Waals surface area contributed by atoms with E-state index < -0.39 is 24.1 Å². The van der Waals surface area contributed by atoms with Gasteiger partial charge in [0.25, 0.3) is 5.91 Å². The fourth-order valence-electron chi connectivity index (χ4n) is 1.70. The summed E-state index contributed by atoms with van der Waals surface area (Å²) in [7, 11) is 2.60. The lowest BCUT2D eigenvalue weighted by molar-refractivity contribution is -0.175. The van der Waals surface area contributed by atoms with Gasteiger partial charge in [-0.1, -0.05) is 0 Å². The Morgan fingerprint density at radius 3 is 2.28 bits per heavy atom. The maximum atomic E-state index is 11.9. The Morgan fingerprint density at radius 1 is 1.22 bits per heavy atom. The second-order valence-electron chi connectivity index (χ2n) is 3.74. The molecule has 0 aromatic heterocycles. The summed E-state index contributed by atoms with van der Waals surface area (Å²) in [6.45, 7) is -0.203. The number of likely N-dealkylation sites (N-methyl/N-ethyl adjacent to an activating group) is 1. The highest BCUT2D eigenvalue weighted by Gasteiger charge is 2.38. The minimum Gasteiger partial charge on any atom is -0.465 e. The van der Waals surface area contributed by atoms with Crippen LogP contribution in [0.1, 0.15) is 0 Å². The molecule has 0 aromatic carbocycles. The number of carbonyl (C=O) groups is 3. The van der Waals surface area contributed by atoms with Crippen LogP contribution in [0.4, 0.5) is 9.59 Å². The Bertz CT molecular complexity index is 360. The number of hydroxylamine groups is 2. The van der Waals surface area contributed by atoms with Crippen molar-refractivity contribution in [3.63, 3.8) is 0 Å². The monoisotopic (exact) mass is 261 g/mol. The predicted molar refractivity (Wildman–Crippen MR) is 57.9 cm³/mol. The fourth-order valence-corrected chi connectivity index (χ4v) is 1.70. The van der Waals surface area contributed by atoms with Crippen molar-refractivity contribution < 1.29 is 29.4 Å². The van der Waals surface area contributed by atoms with Gasteiger partial charge in [0.15, 0.2) is 0 Å². The van der Waals surface area contributed by atoms with Gasteiger partial charge in [-0.3, -0.25) is 14.5 Å². The molecule has 9 nitrogen and oxygen atoms in total. The zero-order valence-electron chi connectivity index (χ0n) is 10.1. The molecule has 0 radical (unpaired) electrons. The zero-order valence-corrected chi connectivity index (χ0v) is 10.1. The molecule has 1 atom stereocenters. The second-order valence-corrected chi connectivity index (χ2v) is 3.74. The summed E-state index contributed by atoms with van der Waals surface area (Å²) in [4.78, 5) is 40.3. The van der Waals surface area contributed by atoms with Gasteiger partial charge in [0.1, 0.15) is 6.04 Å². The molecule has 18 heavy (non-hydrogen) atoms. The molecular weight excluding hydrogens is 246 g/mol. The molecule has 1 fully saturated rings. The largest absolute Gasteiger partial charge is 0.465 e. The van der Waals surface area contributed by atoms with Crippen LogP contribution >= 0.6 is 0 Å². The molecular formula is C9H15N3O6. The van der Waals surface area contributed by atoms with E-state index >= 15 is 0 Å². The fraction of sp³-hybridized carbons (Fsp3) is 0.667. The van der Waals surface area contributed by atoms with Crippen molar-refractivity contribution in [3.8, 4) is 0 Å². The molecule has 1 aliphatic heterocycles. The normalized spacial score (nSPS) is 19.6. The summed E-state index contributed by atoms with van der Waals surface area (Å²) in [6.07, 6.45) is -2.44. The van der Waals surface area contributed by atoms with Crippen molar-refractivity contribution in [2.24, 2.45) is 0 Å². The van der Waals surface area contributed by atoms with Crippen LogP contribution in [0.3, 0.4) is 0 Å². The molecule has 1 heterocycles. The first-order chi connectivity index (χ1) is 8.38. The Kier molecular flexibility index (Phi) is 4.32. The lowest BCUT2D eigenvalue weighted by Gasteiger charge is -2.38. The summed E-state index contributed by atoms with van der Waals surface area (Å²) in [5.41, 5.74) is 0. The van der Waals surface area contributed by atoms with Crippen LogP contribution in [0.25, 0.3) is 0 Å². The van der Waals surface area contributed by atoms with Crippen LogP contribution in [0.5, 0.6) is 0 Å². The van der Waals surface area contributed by atoms with Gasteiger partial charge in [-0.15, -0.1) is 0 Å². The van der Waals surface area contributed by atoms with Crippen molar-refractivity contribution in [1.82, 2.24) is 14.9 Å². The van der Waals surface area contributed by atoms with Gasteiger partial charge in [0, 0.05) is 20.1 Å². The van der Waals surface area contributed by atoms with E-state index in [1.54, 1.807) is 0 Å². The van der Waals surface area contributed by atoms with Crippen LogP contribution in [0, 0.1) is 0 Å². The highest BCUT2D eigenvalue weighted by Crippen LogP contribution is 2.12. The molecule has 0 unspecified atom stereocenters. The standard InChI is InChI=1S/C9H15N3O6/c1-10(18-2)7(13)6-5-11(8(14)15)3-4-12(6)9(16)17/h6H,3-5H2,1-2H3,(H,14,15)(H,16,17)/t6-/m0/s1. The van der Waals surface area contributed by atoms with Crippen LogP contribution in [-0.4, -0.2) is 83.0 Å². The minimum absolute atomic E-state index is 0.0438. The molecule has 1 rings (SSSR count). The highest BCUT2D eigenvalue weighted by atomic mass is 16.7. The SMILES string of the molecule is CON(C)C(=O)[C@@H]1CN(C(=O)O)CCN1C(=O)O. The zero-order chi connectivity index (χ0) is 13.9. The second kappa shape index (κ2) is 5.54. The number of amides is 3. The molecule has 1 aliphatic rings. The first-order valence-corrected chi connectivity index (χ1v) is 5.17. The predicted octanol–water partition coefficient (Wildman–Crippen LogP) is -0.652. The molecule has 0 aliphatic carbocycles. The van der Waals surface area contributed by atoms with Gasteiger partial charge >= 0.3 is 12.2 Å². The van der Waals surface area contributed by atoms with Crippen molar-refractivity contribution >= 4 is 18.1 Å². The molecule has 0 bridgehead atoms. The number of rotatable bonds is 2. The van der Waals surface area contributed by atoms with E-state index in [-0.39, 0.29) is 19.6 Å². The first-order valence-electron chi connectivity index (χ1n) is 5.17. The maximum absolute atomic E-state index is 11.9. The van der Waals surface area contributed by atoms with Crippen molar-refractivity contribution in [3.05, 3.63) is 0 Å². The molecule has 2 N–H and O–H groups in total. The van der Waals surface area contributed by atoms with Gasteiger partial charge in [0.05, 0.1) is 13.7 Å². The third-order valence-corrected chi connectivity index (χ3v) is 2.77. The van der Waals surface area contributed by atoms with E-state index in [4.69, 9.17) is 10.2 Å². The first kappa shape index (κ1) is 14.0. The summed E-state index contributed by atoms with van der Waals surface area (Å²) in [5.74, 6) is -0.606. The van der Waals surface area contributed by atoms with Gasteiger partial charge in [-0.25, -0.2) is 14.7 Å². The van der Waals surface area contributed by atoms with Crippen LogP contribution in [0.2, 0.25) is 0 Å². The van der Waals surface area contributed by atoms with Crippen molar-refractivity contribution in [2.45, 2.75) is 6.04 Å². The Hall–Kier alpha value is -2.03. The molecule has 1 saturated heterocycles. The maximum Gasteiger partial charge on any atom is 0.408 e. The van der Waals surface area contributed by atoms with Gasteiger partial charge in [-0.2, -0.15) is 0 Å². The van der Waals surface area contributed by atoms with Crippen LogP contribution in [-0.2, 0) is 9.63 Å². The van der Waals surface area contributed by atoms with E-state index in [1.807, 2.05) is 0 Å². The van der Waals surface area contributed by atoms with Gasteiger partial charge < -0.3 is 15.1 Å². The van der Waals surface area contributed by atoms with E-state index in [9.17, 15) is 14.4 Å². The summed E-state index contributed by atoms with van der Waals surface area (Å²) >= 11 is 0. The lowest BCUT2D eigenvalue weighted by atomic mass is 10.1.